The first-order chi connectivity index (χ1) is 8.60. The fraction of sp³-hybridized carbons (Fsp3) is 0.615. The number of aromatic nitrogens is 2. The van der Waals surface area contributed by atoms with Crippen LogP contribution in [0, 0.1) is 6.92 Å². The van der Waals surface area contributed by atoms with Crippen molar-refractivity contribution < 1.29 is 9.90 Å². The molecule has 5 nitrogen and oxygen atoms in total. The number of carboxylic acid groups (broad SMARTS) is 1. The van der Waals surface area contributed by atoms with Crippen molar-refractivity contribution in [3.05, 3.63) is 18.0 Å². The lowest BCUT2D eigenvalue weighted by molar-refractivity contribution is -0.143. The van der Waals surface area contributed by atoms with Gasteiger partial charge in [-0.05, 0) is 32.3 Å². The molecule has 1 saturated heterocycles. The fourth-order valence-electron chi connectivity index (χ4n) is 2.74. The molecule has 2 rings (SSSR count). The fourth-order valence-corrected chi connectivity index (χ4v) is 2.74. The molecule has 0 saturated carbocycles. The molecule has 2 heterocycles. The van der Waals surface area contributed by atoms with Gasteiger partial charge in [-0.25, -0.2) is 14.8 Å². The molecular weight excluding hydrogens is 230 g/mol. The van der Waals surface area contributed by atoms with Crippen molar-refractivity contribution in [2.75, 3.05) is 11.4 Å². The van der Waals surface area contributed by atoms with Crippen LogP contribution in [0.5, 0.6) is 0 Å². The molecule has 1 aliphatic rings. The average molecular weight is 249 g/mol. The zero-order valence-electron chi connectivity index (χ0n) is 10.9. The highest BCUT2D eigenvalue weighted by Crippen LogP contribution is 2.36. The second-order valence-corrected chi connectivity index (χ2v) is 4.84. The van der Waals surface area contributed by atoms with Gasteiger partial charge in [0.2, 0.25) is 5.95 Å². The summed E-state index contributed by atoms with van der Waals surface area (Å²) in [6, 6.07) is 1.82. The van der Waals surface area contributed by atoms with Gasteiger partial charge < -0.3 is 10.0 Å². The molecule has 0 aliphatic carbocycles. The van der Waals surface area contributed by atoms with E-state index in [9.17, 15) is 9.90 Å². The summed E-state index contributed by atoms with van der Waals surface area (Å²) in [7, 11) is 0. The highest BCUT2D eigenvalue weighted by Gasteiger charge is 2.48. The Morgan fingerprint density at radius 1 is 1.61 bits per heavy atom. The topological polar surface area (TPSA) is 66.3 Å². The maximum atomic E-state index is 11.7. The Morgan fingerprint density at radius 2 is 2.39 bits per heavy atom. The lowest BCUT2D eigenvalue weighted by Gasteiger charge is -2.34. The largest absolute Gasteiger partial charge is 0.479 e. The quantitative estimate of drug-likeness (QED) is 0.884. The standard InChI is InChI=1S/C13H19N3O2/c1-3-6-13(11(17)18)7-4-9-16(13)12-14-8-5-10(2)15-12/h5,8H,3-4,6-7,9H2,1-2H3,(H,17,18). The Labute approximate surface area is 107 Å². The number of hydrogen-bond donors (Lipinski definition) is 1. The van der Waals surface area contributed by atoms with E-state index in [1.165, 1.54) is 0 Å². The molecule has 1 atom stereocenters. The molecule has 1 fully saturated rings. The summed E-state index contributed by atoms with van der Waals surface area (Å²) in [5.41, 5.74) is 0.0467. The predicted molar refractivity (Wildman–Crippen MR) is 68.6 cm³/mol. The Kier molecular flexibility index (Phi) is 3.50. The minimum atomic E-state index is -0.817. The SMILES string of the molecule is CCCC1(C(=O)O)CCCN1c1nccc(C)n1. The first-order valence-electron chi connectivity index (χ1n) is 6.41. The van der Waals surface area contributed by atoms with Crippen molar-refractivity contribution in [3.8, 4) is 0 Å². The summed E-state index contributed by atoms with van der Waals surface area (Å²) >= 11 is 0. The molecule has 1 aromatic rings. The molecular formula is C13H19N3O2. The minimum Gasteiger partial charge on any atom is -0.479 e. The number of carboxylic acids is 1. The van der Waals surface area contributed by atoms with Crippen LogP contribution < -0.4 is 4.90 Å². The van der Waals surface area contributed by atoms with Gasteiger partial charge in [0, 0.05) is 18.4 Å². The summed E-state index contributed by atoms with van der Waals surface area (Å²) in [4.78, 5) is 22.2. The summed E-state index contributed by atoms with van der Waals surface area (Å²) in [5.74, 6) is -0.213. The normalized spacial score (nSPS) is 23.3. The third-order valence-electron chi connectivity index (χ3n) is 3.57. The van der Waals surface area contributed by atoms with Crippen LogP contribution in [0.3, 0.4) is 0 Å². The zero-order valence-corrected chi connectivity index (χ0v) is 10.9. The third-order valence-corrected chi connectivity index (χ3v) is 3.57. The Bertz CT molecular complexity index is 450. The number of hydrogen-bond acceptors (Lipinski definition) is 4. The Balaban J connectivity index is 2.39. The first kappa shape index (κ1) is 12.8. The Hall–Kier alpha value is -1.65. The van der Waals surface area contributed by atoms with Crippen molar-refractivity contribution in [1.29, 1.82) is 0 Å². The molecule has 98 valence electrons. The van der Waals surface area contributed by atoms with Gasteiger partial charge >= 0.3 is 5.97 Å². The molecule has 0 radical (unpaired) electrons. The maximum Gasteiger partial charge on any atom is 0.329 e. The third kappa shape index (κ3) is 2.05. The second-order valence-electron chi connectivity index (χ2n) is 4.84. The van der Waals surface area contributed by atoms with Crippen LogP contribution in [0.15, 0.2) is 12.3 Å². The minimum absolute atomic E-state index is 0.545. The zero-order chi connectivity index (χ0) is 13.2. The highest BCUT2D eigenvalue weighted by molar-refractivity contribution is 5.83. The van der Waals surface area contributed by atoms with Crippen LogP contribution in [0.2, 0.25) is 0 Å². The second kappa shape index (κ2) is 4.92. The van der Waals surface area contributed by atoms with E-state index in [1.807, 2.05) is 24.8 Å². The number of nitrogens with zero attached hydrogens (tertiary/aromatic N) is 3. The molecule has 1 N–H and O–H groups in total. The van der Waals surface area contributed by atoms with Crippen molar-refractivity contribution in [3.63, 3.8) is 0 Å². The van der Waals surface area contributed by atoms with Crippen molar-refractivity contribution in [1.82, 2.24) is 9.97 Å². The van der Waals surface area contributed by atoms with Crippen molar-refractivity contribution in [2.24, 2.45) is 0 Å². The van der Waals surface area contributed by atoms with E-state index < -0.39 is 11.5 Å². The van der Waals surface area contributed by atoms with E-state index >= 15 is 0 Å². The maximum absolute atomic E-state index is 11.7. The van der Waals surface area contributed by atoms with Crippen molar-refractivity contribution in [2.45, 2.75) is 45.1 Å². The lowest BCUT2D eigenvalue weighted by Crippen LogP contribution is -2.51. The molecule has 0 aromatic carbocycles. The van der Waals surface area contributed by atoms with Crippen LogP contribution in [0.4, 0.5) is 5.95 Å². The number of aliphatic carboxylic acids is 1. The van der Waals surface area contributed by atoms with Gasteiger partial charge in [0.15, 0.2) is 0 Å². The van der Waals surface area contributed by atoms with Gasteiger partial charge in [-0.3, -0.25) is 0 Å². The van der Waals surface area contributed by atoms with Gasteiger partial charge in [0.25, 0.3) is 0 Å². The molecule has 5 heteroatoms. The lowest BCUT2D eigenvalue weighted by atomic mass is 9.91. The first-order valence-corrected chi connectivity index (χ1v) is 6.41. The van der Waals surface area contributed by atoms with E-state index in [4.69, 9.17) is 0 Å². The van der Waals surface area contributed by atoms with Crippen LogP contribution >= 0.6 is 0 Å². The monoisotopic (exact) mass is 249 g/mol. The van der Waals surface area contributed by atoms with Gasteiger partial charge in [0.05, 0.1) is 0 Å². The van der Waals surface area contributed by atoms with Crippen molar-refractivity contribution >= 4 is 11.9 Å². The average Bonchev–Trinajstić information content (AvgIpc) is 2.74. The summed E-state index contributed by atoms with van der Waals surface area (Å²) < 4.78 is 0. The molecule has 0 amide bonds. The van der Waals surface area contributed by atoms with E-state index in [-0.39, 0.29) is 0 Å². The van der Waals surface area contributed by atoms with Gasteiger partial charge in [-0.1, -0.05) is 13.3 Å². The summed E-state index contributed by atoms with van der Waals surface area (Å²) in [6.07, 6.45) is 4.72. The molecule has 1 aliphatic heterocycles. The van der Waals surface area contributed by atoms with Crippen LogP contribution in [0.25, 0.3) is 0 Å². The number of anilines is 1. The van der Waals surface area contributed by atoms with E-state index in [1.54, 1.807) is 6.20 Å². The van der Waals surface area contributed by atoms with Gasteiger partial charge in [0.1, 0.15) is 5.54 Å². The summed E-state index contributed by atoms with van der Waals surface area (Å²) in [5, 5.41) is 9.60. The number of carbonyl (C=O) groups is 1. The molecule has 1 unspecified atom stereocenters. The molecule has 0 bridgehead atoms. The smallest absolute Gasteiger partial charge is 0.329 e. The Morgan fingerprint density at radius 3 is 3.00 bits per heavy atom. The van der Waals surface area contributed by atoms with Crippen LogP contribution in [-0.4, -0.2) is 33.1 Å². The summed E-state index contributed by atoms with van der Waals surface area (Å²) in [6.45, 7) is 4.62. The predicted octanol–water partition coefficient (Wildman–Crippen LogP) is 2.01. The molecule has 18 heavy (non-hydrogen) atoms. The van der Waals surface area contributed by atoms with Gasteiger partial charge in [-0.2, -0.15) is 0 Å². The van der Waals surface area contributed by atoms with Crippen LogP contribution in [0.1, 0.15) is 38.3 Å². The highest BCUT2D eigenvalue weighted by atomic mass is 16.4. The van der Waals surface area contributed by atoms with E-state index in [0.29, 0.717) is 18.8 Å². The molecule has 1 aromatic heterocycles. The van der Waals surface area contributed by atoms with Crippen LogP contribution in [-0.2, 0) is 4.79 Å². The van der Waals surface area contributed by atoms with E-state index in [2.05, 4.69) is 9.97 Å². The van der Waals surface area contributed by atoms with E-state index in [0.717, 1.165) is 25.1 Å². The number of aryl methyl sites for hydroxylation is 1. The molecule has 0 spiro atoms. The number of rotatable bonds is 4. The van der Waals surface area contributed by atoms with Gasteiger partial charge in [-0.15, -0.1) is 0 Å².